The number of carbonyl (C=O) groups excluding carboxylic acids is 2. The highest BCUT2D eigenvalue weighted by Gasteiger charge is 2.46. The predicted octanol–water partition coefficient (Wildman–Crippen LogP) is 10.2. The van der Waals surface area contributed by atoms with Gasteiger partial charge in [0.2, 0.25) is 0 Å². The minimum atomic E-state index is -5.42. The van der Waals surface area contributed by atoms with Gasteiger partial charge in [0.15, 0.2) is 12.3 Å². The summed E-state index contributed by atoms with van der Waals surface area (Å²) in [6, 6.07) is 1.25. The number of anilines is 1. The number of aliphatic hydroxyl groups is 2. The molecule has 18 nitrogen and oxygen atoms in total. The molecule has 1 aliphatic rings. The fourth-order valence-electron chi connectivity index (χ4n) is 7.54. The van der Waals surface area contributed by atoms with Crippen molar-refractivity contribution in [2.75, 3.05) is 25.6 Å². The zero-order valence-electron chi connectivity index (χ0n) is 40.9. The number of hydrogen-bond donors (Lipinski definition) is 5. The zero-order valence-corrected chi connectivity index (χ0v) is 42.7. The number of rotatable bonds is 42. The summed E-state index contributed by atoms with van der Waals surface area (Å²) >= 11 is 0. The van der Waals surface area contributed by atoms with E-state index in [1.165, 1.54) is 70.1 Å². The van der Waals surface area contributed by atoms with Crippen LogP contribution in [-0.2, 0) is 46.3 Å². The second kappa shape index (κ2) is 37.1. The lowest BCUT2D eigenvalue weighted by molar-refractivity contribution is -0.161. The van der Waals surface area contributed by atoms with Crippen molar-refractivity contribution in [2.24, 2.45) is 0 Å². The Labute approximate surface area is 405 Å². The van der Waals surface area contributed by atoms with E-state index in [-0.39, 0.29) is 18.7 Å². The molecule has 2 rings (SSSR count). The van der Waals surface area contributed by atoms with E-state index in [0.717, 1.165) is 101 Å². The third-order valence-electron chi connectivity index (χ3n) is 11.5. The molecule has 6 N–H and O–H groups in total. The molecule has 1 fully saturated rings. The quantitative estimate of drug-likeness (QED) is 0.0176. The molecule has 20 heteroatoms. The summed E-state index contributed by atoms with van der Waals surface area (Å²) in [5, 5.41) is 20.9. The van der Waals surface area contributed by atoms with Crippen LogP contribution < -0.4 is 11.4 Å². The van der Waals surface area contributed by atoms with Crippen LogP contribution >= 0.6 is 15.6 Å². The maximum Gasteiger partial charge on any atom is 0.481 e. The Morgan fingerprint density at radius 2 is 1.15 bits per heavy atom. The van der Waals surface area contributed by atoms with E-state index in [1.54, 1.807) is 0 Å². The number of nitrogens with zero attached hydrogens (tertiary/aromatic N) is 2. The molecule has 1 aromatic heterocycles. The summed E-state index contributed by atoms with van der Waals surface area (Å²) in [6.45, 7) is 2.13. The summed E-state index contributed by atoms with van der Waals surface area (Å²) in [7, 11) is -10.8. The first-order chi connectivity index (χ1) is 32.7. The van der Waals surface area contributed by atoms with Crippen LogP contribution in [0.4, 0.5) is 5.82 Å². The first kappa shape index (κ1) is 61.4. The van der Waals surface area contributed by atoms with Crippen LogP contribution in [0.2, 0.25) is 0 Å². The van der Waals surface area contributed by atoms with Gasteiger partial charge < -0.3 is 39.9 Å². The Morgan fingerprint density at radius 1 is 0.691 bits per heavy atom. The second-order valence-electron chi connectivity index (χ2n) is 17.7. The Balaban J connectivity index is 1.80. The maximum atomic E-state index is 12.8. The van der Waals surface area contributed by atoms with Crippen molar-refractivity contribution in [3.05, 3.63) is 47.1 Å². The molecule has 0 saturated carbocycles. The number of esters is 2. The second-order valence-corrected chi connectivity index (χ2v) is 20.7. The van der Waals surface area contributed by atoms with Gasteiger partial charge >= 0.3 is 33.3 Å². The van der Waals surface area contributed by atoms with Gasteiger partial charge in [-0.15, -0.1) is 0 Å². The number of carbonyl (C=O) groups is 2. The van der Waals surface area contributed by atoms with Gasteiger partial charge in [-0.2, -0.15) is 9.29 Å². The molecule has 0 radical (unpaired) electrons. The number of hydrogen-bond acceptors (Lipinski definition) is 15. The Morgan fingerprint density at radius 3 is 1.65 bits per heavy atom. The van der Waals surface area contributed by atoms with Gasteiger partial charge in [-0.05, 0) is 70.3 Å². The SMILES string of the molecule is CCCCCCC=CCCCCCCCCCC(=O)OC[C@H](COP(=O)(O)OP(=O)(O)OC[C@H]1O[C@@H](n2ccc(N)nc2=O)C(O)[C@H]1O)OC(=O)CCCCCCCCCC=CCCCCCC. The third kappa shape index (κ3) is 29.4. The van der Waals surface area contributed by atoms with Crippen LogP contribution in [0.5, 0.6) is 0 Å². The minimum absolute atomic E-state index is 0.0460. The first-order valence-electron chi connectivity index (χ1n) is 25.3. The number of ether oxygens (including phenoxy) is 3. The van der Waals surface area contributed by atoms with Crippen LogP contribution in [0.25, 0.3) is 0 Å². The van der Waals surface area contributed by atoms with Crippen molar-refractivity contribution in [1.82, 2.24) is 9.55 Å². The number of allylic oxidation sites excluding steroid dienone is 4. The molecule has 392 valence electrons. The van der Waals surface area contributed by atoms with Crippen molar-refractivity contribution in [2.45, 2.75) is 224 Å². The molecule has 68 heavy (non-hydrogen) atoms. The molecule has 7 atom stereocenters. The van der Waals surface area contributed by atoms with Crippen LogP contribution in [-0.4, -0.2) is 85.7 Å². The number of aliphatic hydroxyl groups excluding tert-OH is 2. The van der Waals surface area contributed by atoms with E-state index in [2.05, 4.69) is 47.4 Å². The third-order valence-corrected chi connectivity index (χ3v) is 14.1. The highest BCUT2D eigenvalue weighted by molar-refractivity contribution is 7.61. The zero-order chi connectivity index (χ0) is 49.9. The summed E-state index contributed by atoms with van der Waals surface area (Å²) in [4.78, 5) is 61.9. The molecular formula is C48H85N3O15P2. The van der Waals surface area contributed by atoms with Crippen molar-refractivity contribution in [1.29, 1.82) is 0 Å². The fourth-order valence-corrected chi connectivity index (χ4v) is 9.65. The van der Waals surface area contributed by atoms with Gasteiger partial charge in [0.25, 0.3) is 0 Å². The molecule has 0 aromatic carbocycles. The van der Waals surface area contributed by atoms with Crippen molar-refractivity contribution < 1.29 is 66.3 Å². The number of phosphoric acid groups is 2. The molecule has 2 heterocycles. The average molecular weight is 1010 g/mol. The van der Waals surface area contributed by atoms with Crippen LogP contribution in [0.3, 0.4) is 0 Å². The molecule has 0 bridgehead atoms. The van der Waals surface area contributed by atoms with E-state index in [1.807, 2.05) is 0 Å². The molecule has 1 saturated heterocycles. The smallest absolute Gasteiger partial charge is 0.462 e. The average Bonchev–Trinajstić information content (AvgIpc) is 3.57. The normalized spacial score (nSPS) is 19.6. The molecule has 0 spiro atoms. The van der Waals surface area contributed by atoms with Crippen LogP contribution in [0.1, 0.15) is 200 Å². The molecular weight excluding hydrogens is 920 g/mol. The number of unbranched alkanes of at least 4 members (excludes halogenated alkanes) is 22. The van der Waals surface area contributed by atoms with Gasteiger partial charge in [0.05, 0.1) is 13.2 Å². The van der Waals surface area contributed by atoms with Crippen molar-refractivity contribution in [3.8, 4) is 0 Å². The van der Waals surface area contributed by atoms with E-state index in [4.69, 9.17) is 29.0 Å². The predicted molar refractivity (Wildman–Crippen MR) is 261 cm³/mol. The van der Waals surface area contributed by atoms with Gasteiger partial charge in [0.1, 0.15) is 30.7 Å². The summed E-state index contributed by atoms with van der Waals surface area (Å²) in [5.74, 6) is -1.30. The Hall–Kier alpha value is -2.76. The lowest BCUT2D eigenvalue weighted by Crippen LogP contribution is -2.36. The van der Waals surface area contributed by atoms with Gasteiger partial charge in [-0.3, -0.25) is 23.2 Å². The van der Waals surface area contributed by atoms with Crippen molar-refractivity contribution >= 4 is 33.4 Å². The van der Waals surface area contributed by atoms with Crippen molar-refractivity contribution in [3.63, 3.8) is 0 Å². The van der Waals surface area contributed by atoms with E-state index >= 15 is 0 Å². The largest absolute Gasteiger partial charge is 0.481 e. The number of nitrogens with two attached hydrogens (primary N) is 1. The standard InChI is InChI=1S/C48H85N3O15P2/c1-3-5-7-9-11-13-15-17-19-21-23-25-27-29-31-33-43(52)61-37-40(64-44(53)34-32-30-28-26-24-22-20-18-16-14-12-10-8-6-4-2)38-62-67(57,58)66-68(59,60)63-39-41-45(54)46(55)47(65-41)51-36-35-42(49)50-48(51)56/h13-16,35-36,40-41,45-47,54-55H,3-12,17-34,37-39H2,1-2H3,(H,57,58)(H,59,60)(H2,49,50,56)/t40-,41-,45+,46?,47-/m1/s1. The lowest BCUT2D eigenvalue weighted by atomic mass is 10.1. The van der Waals surface area contributed by atoms with E-state index in [0.29, 0.717) is 12.8 Å². The summed E-state index contributed by atoms with van der Waals surface area (Å²) in [6.07, 6.45) is 31.1. The first-order valence-corrected chi connectivity index (χ1v) is 28.3. The summed E-state index contributed by atoms with van der Waals surface area (Å²) < 4.78 is 56.8. The Bertz CT molecular complexity index is 1730. The molecule has 1 aliphatic heterocycles. The number of nitrogen functional groups attached to an aromatic ring is 1. The van der Waals surface area contributed by atoms with Crippen LogP contribution in [0.15, 0.2) is 41.4 Å². The highest BCUT2D eigenvalue weighted by atomic mass is 31.3. The number of phosphoric ester groups is 2. The van der Waals surface area contributed by atoms with E-state index in [9.17, 15) is 43.5 Å². The van der Waals surface area contributed by atoms with Crippen LogP contribution in [0, 0.1) is 0 Å². The topological polar surface area (TPSA) is 265 Å². The van der Waals surface area contributed by atoms with E-state index < -0.39 is 83.7 Å². The molecule has 1 aromatic rings. The minimum Gasteiger partial charge on any atom is -0.462 e. The molecule has 3 unspecified atom stereocenters. The van der Waals surface area contributed by atoms with Gasteiger partial charge in [0, 0.05) is 19.0 Å². The molecule has 0 amide bonds. The monoisotopic (exact) mass is 1010 g/mol. The Kier molecular flexibility index (Phi) is 33.5. The molecule has 0 aliphatic carbocycles. The fraction of sp³-hybridized carbons (Fsp3) is 0.792. The lowest BCUT2D eigenvalue weighted by Gasteiger charge is -2.21. The number of aromatic nitrogens is 2. The van der Waals surface area contributed by atoms with Gasteiger partial charge in [-0.25, -0.2) is 13.9 Å². The highest BCUT2D eigenvalue weighted by Crippen LogP contribution is 2.60. The van der Waals surface area contributed by atoms with Gasteiger partial charge in [-0.1, -0.05) is 141 Å². The maximum absolute atomic E-state index is 12.8. The summed E-state index contributed by atoms with van der Waals surface area (Å²) in [5.41, 5.74) is 4.59.